The highest BCUT2D eigenvalue weighted by Crippen LogP contribution is 2.44. The van der Waals surface area contributed by atoms with E-state index in [0.29, 0.717) is 18.8 Å². The lowest BCUT2D eigenvalue weighted by atomic mass is 9.83. The van der Waals surface area contributed by atoms with Crippen LogP contribution in [0, 0.1) is 5.82 Å². The summed E-state index contributed by atoms with van der Waals surface area (Å²) in [6.45, 7) is 2.45. The molecule has 0 saturated carbocycles. The molecule has 10 heteroatoms. The van der Waals surface area contributed by atoms with Crippen molar-refractivity contribution >= 4 is 44.7 Å². The molecule has 162 valence electrons. The summed E-state index contributed by atoms with van der Waals surface area (Å²) in [5.41, 5.74) is 0.466. The van der Waals surface area contributed by atoms with Gasteiger partial charge in [0.15, 0.2) is 5.82 Å². The minimum absolute atomic E-state index is 0.0497. The van der Waals surface area contributed by atoms with Crippen molar-refractivity contribution in [2.24, 2.45) is 0 Å². The van der Waals surface area contributed by atoms with Gasteiger partial charge in [-0.15, -0.1) is 0 Å². The third kappa shape index (κ3) is 3.86. The summed E-state index contributed by atoms with van der Waals surface area (Å²) in [5.74, 6) is -0.994. The third-order valence-corrected chi connectivity index (χ3v) is 8.21. The lowest BCUT2D eigenvalue weighted by molar-refractivity contribution is 0.0859. The Morgan fingerprint density at radius 3 is 2.67 bits per heavy atom. The van der Waals surface area contributed by atoms with E-state index in [4.69, 9.17) is 23.2 Å². The predicted octanol–water partition coefficient (Wildman–Crippen LogP) is 4.39. The van der Waals surface area contributed by atoms with Gasteiger partial charge in [0.05, 0.1) is 16.2 Å². The smallest absolute Gasteiger partial charge is 0.267 e. The van der Waals surface area contributed by atoms with E-state index in [9.17, 15) is 8.42 Å². The molecule has 1 spiro atoms. The molecule has 1 aromatic heterocycles. The highest BCUT2D eigenvalue weighted by molar-refractivity contribution is 7.92. The van der Waals surface area contributed by atoms with Crippen LogP contribution in [0.4, 0.5) is 15.9 Å². The number of rotatable bonds is 4. The molecule has 30 heavy (non-hydrogen) atoms. The SMILES string of the molecule is CN1CCCCCC12CN(c1cc(Cl)c(S(=O)(=O)Nc3ccccn3)c(F)c1Cl)C2. The van der Waals surface area contributed by atoms with Crippen LogP contribution in [0.15, 0.2) is 35.4 Å². The first kappa shape index (κ1) is 21.6. The molecule has 1 N–H and O–H groups in total. The topological polar surface area (TPSA) is 65.5 Å². The minimum Gasteiger partial charge on any atom is -0.366 e. The van der Waals surface area contributed by atoms with Crippen molar-refractivity contribution in [1.82, 2.24) is 9.88 Å². The predicted molar refractivity (Wildman–Crippen MR) is 118 cm³/mol. The standard InChI is InChI=1S/C20H23Cl2FN4O2S/c1-26-10-6-2-4-8-20(26)12-27(13-20)15-11-14(21)19(18(23)17(15)22)30(28,29)25-16-7-3-5-9-24-16/h3,5,7,9,11H,2,4,6,8,10,12-13H2,1H3,(H,24,25). The Bertz CT molecular complexity index is 1050. The van der Waals surface area contributed by atoms with Crippen LogP contribution in [-0.4, -0.2) is 50.5 Å². The number of aromatic nitrogens is 1. The Morgan fingerprint density at radius 1 is 1.20 bits per heavy atom. The molecule has 6 nitrogen and oxygen atoms in total. The van der Waals surface area contributed by atoms with Gasteiger partial charge in [0.2, 0.25) is 0 Å². The Kier molecular flexibility index (Phi) is 5.87. The Labute approximate surface area is 186 Å². The van der Waals surface area contributed by atoms with Crippen LogP contribution in [0.25, 0.3) is 0 Å². The second kappa shape index (κ2) is 8.15. The van der Waals surface area contributed by atoms with Crippen LogP contribution in [0.3, 0.4) is 0 Å². The molecule has 0 unspecified atom stereocenters. The maximum absolute atomic E-state index is 15.1. The normalized spacial score (nSPS) is 19.4. The summed E-state index contributed by atoms with van der Waals surface area (Å²) in [5, 5.41) is -0.461. The van der Waals surface area contributed by atoms with Crippen LogP contribution in [0.2, 0.25) is 10.0 Å². The lowest BCUT2D eigenvalue weighted by Gasteiger charge is -2.56. The molecule has 2 aromatic rings. The van der Waals surface area contributed by atoms with Crippen molar-refractivity contribution in [3.05, 3.63) is 46.3 Å². The maximum atomic E-state index is 15.1. The van der Waals surface area contributed by atoms with E-state index in [1.807, 2.05) is 4.90 Å². The van der Waals surface area contributed by atoms with E-state index in [1.54, 1.807) is 12.1 Å². The Morgan fingerprint density at radius 2 is 1.97 bits per heavy atom. The molecule has 1 aromatic carbocycles. The van der Waals surface area contributed by atoms with Gasteiger partial charge in [-0.1, -0.05) is 42.1 Å². The maximum Gasteiger partial charge on any atom is 0.267 e. The quantitative estimate of drug-likeness (QED) is 0.668. The summed E-state index contributed by atoms with van der Waals surface area (Å²) < 4.78 is 42.8. The number of hydrogen-bond donors (Lipinski definition) is 1. The zero-order chi connectivity index (χ0) is 21.5. The zero-order valence-electron chi connectivity index (χ0n) is 16.5. The molecule has 2 saturated heterocycles. The van der Waals surface area contributed by atoms with Crippen molar-refractivity contribution in [2.45, 2.75) is 36.1 Å². The molecule has 3 heterocycles. The van der Waals surface area contributed by atoms with Gasteiger partial charge in [0, 0.05) is 19.3 Å². The summed E-state index contributed by atoms with van der Waals surface area (Å²) >= 11 is 12.5. The Balaban J connectivity index is 1.61. The number of sulfonamides is 1. The first-order chi connectivity index (χ1) is 14.2. The number of hydrogen-bond acceptors (Lipinski definition) is 5. The summed E-state index contributed by atoms with van der Waals surface area (Å²) in [4.78, 5) is 7.56. The van der Waals surface area contributed by atoms with Crippen molar-refractivity contribution in [1.29, 1.82) is 0 Å². The molecular weight excluding hydrogens is 450 g/mol. The number of halogens is 3. The average Bonchev–Trinajstić information content (AvgIpc) is 2.85. The van der Waals surface area contributed by atoms with E-state index < -0.39 is 20.7 Å². The zero-order valence-corrected chi connectivity index (χ0v) is 18.9. The second-order valence-corrected chi connectivity index (χ2v) is 10.4. The summed E-state index contributed by atoms with van der Waals surface area (Å²) in [6.07, 6.45) is 6.06. The summed E-state index contributed by atoms with van der Waals surface area (Å²) in [6, 6.07) is 6.15. The fourth-order valence-electron chi connectivity index (χ4n) is 4.30. The molecular formula is C20H23Cl2FN4O2S. The molecule has 0 amide bonds. The number of nitrogens with one attached hydrogen (secondary N) is 1. The number of likely N-dealkylation sites (N-methyl/N-ethyl adjacent to an activating group) is 1. The van der Waals surface area contributed by atoms with E-state index in [-0.39, 0.29) is 21.4 Å². The van der Waals surface area contributed by atoms with Gasteiger partial charge in [-0.3, -0.25) is 9.62 Å². The average molecular weight is 473 g/mol. The van der Waals surface area contributed by atoms with Gasteiger partial charge in [-0.05, 0) is 44.6 Å². The van der Waals surface area contributed by atoms with Gasteiger partial charge in [0.25, 0.3) is 10.0 Å². The van der Waals surface area contributed by atoms with Crippen LogP contribution in [-0.2, 0) is 10.0 Å². The minimum atomic E-state index is -4.30. The Hall–Kier alpha value is -1.61. The number of benzene rings is 1. The molecule has 2 fully saturated rings. The van der Waals surface area contributed by atoms with Crippen LogP contribution < -0.4 is 9.62 Å². The molecule has 0 aliphatic carbocycles. The lowest BCUT2D eigenvalue weighted by Crippen LogP contribution is -2.69. The third-order valence-electron chi connectivity index (χ3n) is 6.03. The fourth-order valence-corrected chi connectivity index (χ4v) is 6.26. The van der Waals surface area contributed by atoms with Crippen LogP contribution in [0.1, 0.15) is 25.7 Å². The fraction of sp³-hybridized carbons (Fsp3) is 0.450. The molecule has 2 aliphatic rings. The second-order valence-electron chi connectivity index (χ2n) is 7.97. The van der Waals surface area contributed by atoms with E-state index >= 15 is 4.39 Å². The first-order valence-electron chi connectivity index (χ1n) is 9.81. The highest BCUT2D eigenvalue weighted by Gasteiger charge is 2.47. The van der Waals surface area contributed by atoms with E-state index in [1.165, 1.54) is 31.2 Å². The largest absolute Gasteiger partial charge is 0.366 e. The van der Waals surface area contributed by atoms with Gasteiger partial charge in [0.1, 0.15) is 15.7 Å². The molecule has 0 radical (unpaired) electrons. The number of likely N-dealkylation sites (tertiary alicyclic amines) is 1. The van der Waals surface area contributed by atoms with Crippen LogP contribution in [0.5, 0.6) is 0 Å². The summed E-state index contributed by atoms with van der Waals surface area (Å²) in [7, 11) is -2.18. The van der Waals surface area contributed by atoms with Gasteiger partial charge < -0.3 is 4.90 Å². The highest BCUT2D eigenvalue weighted by atomic mass is 35.5. The molecule has 2 aliphatic heterocycles. The van der Waals surface area contributed by atoms with Crippen LogP contribution >= 0.6 is 23.2 Å². The molecule has 0 bridgehead atoms. The van der Waals surface area contributed by atoms with Gasteiger partial charge in [-0.25, -0.2) is 17.8 Å². The monoisotopic (exact) mass is 472 g/mol. The first-order valence-corrected chi connectivity index (χ1v) is 12.0. The van der Waals surface area contributed by atoms with Crippen molar-refractivity contribution in [2.75, 3.05) is 36.3 Å². The van der Waals surface area contributed by atoms with E-state index in [0.717, 1.165) is 19.4 Å². The van der Waals surface area contributed by atoms with Gasteiger partial charge >= 0.3 is 0 Å². The van der Waals surface area contributed by atoms with Gasteiger partial charge in [-0.2, -0.15) is 0 Å². The van der Waals surface area contributed by atoms with Crippen molar-refractivity contribution in [3.63, 3.8) is 0 Å². The van der Waals surface area contributed by atoms with E-state index in [2.05, 4.69) is 21.7 Å². The number of anilines is 2. The van der Waals surface area contributed by atoms with Crippen molar-refractivity contribution in [3.8, 4) is 0 Å². The van der Waals surface area contributed by atoms with Crippen molar-refractivity contribution < 1.29 is 12.8 Å². The molecule has 0 atom stereocenters. The number of pyridine rings is 1. The number of nitrogens with zero attached hydrogens (tertiary/aromatic N) is 3. The molecule has 4 rings (SSSR count).